The van der Waals surface area contributed by atoms with Gasteiger partial charge in [-0.1, -0.05) is 25.4 Å². The second-order valence-corrected chi connectivity index (χ2v) is 6.23. The van der Waals surface area contributed by atoms with Crippen molar-refractivity contribution in [2.45, 2.75) is 26.3 Å². The quantitative estimate of drug-likeness (QED) is 0.851. The molecule has 0 fully saturated rings. The van der Waals surface area contributed by atoms with E-state index in [0.29, 0.717) is 5.92 Å². The van der Waals surface area contributed by atoms with Crippen LogP contribution in [0.25, 0.3) is 0 Å². The molecule has 1 unspecified atom stereocenters. The number of hydrogen-bond donors (Lipinski definition) is 1. The van der Waals surface area contributed by atoms with E-state index in [2.05, 4.69) is 31.9 Å². The van der Waals surface area contributed by atoms with Gasteiger partial charge in [0.1, 0.15) is 0 Å². The van der Waals surface area contributed by atoms with Crippen molar-refractivity contribution < 1.29 is 5.11 Å². The van der Waals surface area contributed by atoms with Crippen molar-refractivity contribution in [3.63, 3.8) is 0 Å². The van der Waals surface area contributed by atoms with Gasteiger partial charge in [0.05, 0.1) is 10.9 Å². The maximum Gasteiger partial charge on any atom is 0.0931 e. The first-order chi connectivity index (χ1) is 7.54. The number of halogens is 1. The van der Waals surface area contributed by atoms with Crippen molar-refractivity contribution >= 4 is 22.9 Å². The lowest BCUT2D eigenvalue weighted by atomic mass is 10.0. The molecule has 0 aliphatic rings. The summed E-state index contributed by atoms with van der Waals surface area (Å²) in [4.78, 5) is 3.52. The summed E-state index contributed by atoms with van der Waals surface area (Å²) in [7, 11) is 2.07. The molecule has 1 aromatic heterocycles. The Hall–Kier alpha value is -0.0900. The Labute approximate surface area is 107 Å². The van der Waals surface area contributed by atoms with Crippen molar-refractivity contribution in [2.75, 3.05) is 20.2 Å². The fourth-order valence-corrected chi connectivity index (χ4v) is 2.87. The Kier molecular flexibility index (Phi) is 5.76. The van der Waals surface area contributed by atoms with Gasteiger partial charge in [-0.05, 0) is 31.5 Å². The van der Waals surface area contributed by atoms with Gasteiger partial charge in [-0.15, -0.1) is 11.3 Å². The summed E-state index contributed by atoms with van der Waals surface area (Å²) in [5.41, 5.74) is 0. The number of rotatable bonds is 6. The SMILES string of the molecule is CC(C)C(CO)N(C)CCc1ccc(Cl)s1. The minimum atomic E-state index is 0.222. The van der Waals surface area contributed by atoms with Crippen LogP contribution in [0.3, 0.4) is 0 Å². The summed E-state index contributed by atoms with van der Waals surface area (Å²) in [6, 6.07) is 4.26. The van der Waals surface area contributed by atoms with E-state index in [0.717, 1.165) is 17.3 Å². The van der Waals surface area contributed by atoms with Crippen LogP contribution in [-0.2, 0) is 6.42 Å². The van der Waals surface area contributed by atoms with E-state index in [1.807, 2.05) is 6.07 Å². The fourth-order valence-electron chi connectivity index (χ4n) is 1.80. The van der Waals surface area contributed by atoms with Crippen LogP contribution in [0.1, 0.15) is 18.7 Å². The zero-order valence-electron chi connectivity index (χ0n) is 10.1. The molecule has 1 atom stereocenters. The maximum atomic E-state index is 9.31. The van der Waals surface area contributed by atoms with Crippen molar-refractivity contribution in [2.24, 2.45) is 5.92 Å². The van der Waals surface area contributed by atoms with Crippen LogP contribution in [0.4, 0.5) is 0 Å². The van der Waals surface area contributed by atoms with Gasteiger partial charge in [-0.3, -0.25) is 0 Å². The average Bonchev–Trinajstić information content (AvgIpc) is 2.62. The summed E-state index contributed by atoms with van der Waals surface area (Å²) in [5, 5.41) is 9.31. The zero-order valence-corrected chi connectivity index (χ0v) is 11.7. The van der Waals surface area contributed by atoms with E-state index in [4.69, 9.17) is 11.6 Å². The van der Waals surface area contributed by atoms with Crippen molar-refractivity contribution in [1.82, 2.24) is 4.90 Å². The van der Waals surface area contributed by atoms with Gasteiger partial charge in [0.15, 0.2) is 0 Å². The molecule has 1 heterocycles. The van der Waals surface area contributed by atoms with Crippen LogP contribution in [-0.4, -0.2) is 36.2 Å². The number of aliphatic hydroxyl groups excluding tert-OH is 1. The van der Waals surface area contributed by atoms with E-state index < -0.39 is 0 Å². The number of nitrogens with zero attached hydrogens (tertiary/aromatic N) is 1. The lowest BCUT2D eigenvalue weighted by Gasteiger charge is -2.29. The Morgan fingerprint density at radius 1 is 1.44 bits per heavy atom. The molecule has 1 rings (SSSR count). The monoisotopic (exact) mass is 261 g/mol. The normalized spacial score (nSPS) is 13.7. The van der Waals surface area contributed by atoms with Crippen LogP contribution in [0.5, 0.6) is 0 Å². The third kappa shape index (κ3) is 4.06. The molecule has 0 aromatic carbocycles. The molecule has 1 N–H and O–H groups in total. The van der Waals surface area contributed by atoms with Gasteiger partial charge in [0, 0.05) is 17.5 Å². The average molecular weight is 262 g/mol. The number of hydrogen-bond acceptors (Lipinski definition) is 3. The topological polar surface area (TPSA) is 23.5 Å². The first-order valence-electron chi connectivity index (χ1n) is 5.60. The highest BCUT2D eigenvalue weighted by Gasteiger charge is 2.17. The summed E-state index contributed by atoms with van der Waals surface area (Å²) in [6.07, 6.45) is 0.997. The molecule has 4 heteroatoms. The van der Waals surface area contributed by atoms with E-state index >= 15 is 0 Å². The predicted molar refractivity (Wildman–Crippen MR) is 71.4 cm³/mol. The van der Waals surface area contributed by atoms with Gasteiger partial charge in [-0.25, -0.2) is 0 Å². The van der Waals surface area contributed by atoms with Crippen molar-refractivity contribution in [3.05, 3.63) is 21.3 Å². The number of likely N-dealkylation sites (N-methyl/N-ethyl adjacent to an activating group) is 1. The summed E-state index contributed by atoms with van der Waals surface area (Å²) in [5.74, 6) is 0.474. The lowest BCUT2D eigenvalue weighted by Crippen LogP contribution is -2.39. The highest BCUT2D eigenvalue weighted by molar-refractivity contribution is 7.16. The molecule has 0 saturated heterocycles. The molecule has 0 aliphatic carbocycles. The molecule has 0 amide bonds. The molecule has 0 spiro atoms. The minimum Gasteiger partial charge on any atom is -0.395 e. The summed E-state index contributed by atoms with van der Waals surface area (Å²) in [6.45, 7) is 5.46. The van der Waals surface area contributed by atoms with Gasteiger partial charge in [0.25, 0.3) is 0 Å². The van der Waals surface area contributed by atoms with E-state index in [9.17, 15) is 5.11 Å². The Balaban J connectivity index is 2.42. The van der Waals surface area contributed by atoms with Gasteiger partial charge >= 0.3 is 0 Å². The van der Waals surface area contributed by atoms with Gasteiger partial charge in [-0.2, -0.15) is 0 Å². The summed E-state index contributed by atoms with van der Waals surface area (Å²) < 4.78 is 0.847. The largest absolute Gasteiger partial charge is 0.395 e. The minimum absolute atomic E-state index is 0.222. The van der Waals surface area contributed by atoms with Gasteiger partial charge in [0.2, 0.25) is 0 Å². The van der Waals surface area contributed by atoms with Crippen LogP contribution >= 0.6 is 22.9 Å². The second-order valence-electron chi connectivity index (χ2n) is 4.43. The third-order valence-electron chi connectivity index (χ3n) is 2.86. The first-order valence-corrected chi connectivity index (χ1v) is 6.79. The van der Waals surface area contributed by atoms with Crippen molar-refractivity contribution in [1.29, 1.82) is 0 Å². The first kappa shape index (κ1) is 14.0. The van der Waals surface area contributed by atoms with E-state index in [1.54, 1.807) is 11.3 Å². The predicted octanol–water partition coefficient (Wildman–Crippen LogP) is 2.89. The Morgan fingerprint density at radius 2 is 2.12 bits per heavy atom. The summed E-state index contributed by atoms with van der Waals surface area (Å²) >= 11 is 7.51. The molecular formula is C12H20ClNOS. The van der Waals surface area contributed by atoms with Crippen LogP contribution in [0.15, 0.2) is 12.1 Å². The molecule has 92 valence electrons. The molecule has 0 bridgehead atoms. The Morgan fingerprint density at radius 3 is 2.56 bits per heavy atom. The standard InChI is InChI=1S/C12H20ClNOS/c1-9(2)11(8-15)14(3)7-6-10-4-5-12(13)16-10/h4-5,9,11,15H,6-8H2,1-3H3. The molecule has 16 heavy (non-hydrogen) atoms. The highest BCUT2D eigenvalue weighted by atomic mass is 35.5. The maximum absolute atomic E-state index is 9.31. The van der Waals surface area contributed by atoms with E-state index in [1.165, 1.54) is 4.88 Å². The third-order valence-corrected chi connectivity index (χ3v) is 4.15. The zero-order chi connectivity index (χ0) is 12.1. The van der Waals surface area contributed by atoms with Crippen LogP contribution in [0, 0.1) is 5.92 Å². The van der Waals surface area contributed by atoms with Crippen LogP contribution in [0.2, 0.25) is 4.34 Å². The molecule has 0 saturated carbocycles. The molecule has 1 aromatic rings. The molecule has 0 aliphatic heterocycles. The van der Waals surface area contributed by atoms with Crippen molar-refractivity contribution in [3.8, 4) is 0 Å². The Bertz CT molecular complexity index is 314. The highest BCUT2D eigenvalue weighted by Crippen LogP contribution is 2.22. The molecule has 2 nitrogen and oxygen atoms in total. The molecular weight excluding hydrogens is 242 g/mol. The second kappa shape index (κ2) is 6.60. The smallest absolute Gasteiger partial charge is 0.0931 e. The number of thiophene rings is 1. The molecule has 0 radical (unpaired) electrons. The lowest BCUT2D eigenvalue weighted by molar-refractivity contribution is 0.114. The number of aliphatic hydroxyl groups is 1. The van der Waals surface area contributed by atoms with Gasteiger partial charge < -0.3 is 10.0 Å². The van der Waals surface area contributed by atoms with Crippen LogP contribution < -0.4 is 0 Å². The van der Waals surface area contributed by atoms with E-state index in [-0.39, 0.29) is 12.6 Å². The fraction of sp³-hybridized carbons (Fsp3) is 0.667.